The largest absolute Gasteiger partial charge is 0.376 e. The second-order valence-electron chi connectivity index (χ2n) is 5.32. The third-order valence-electron chi connectivity index (χ3n) is 4.12. The van der Waals surface area contributed by atoms with Crippen molar-refractivity contribution in [1.82, 2.24) is 0 Å². The van der Waals surface area contributed by atoms with Crippen LogP contribution in [0.4, 0.5) is 0 Å². The number of rotatable bonds is 1. The third kappa shape index (κ3) is 2.13. The molecule has 0 aromatic rings. The molecule has 0 N–H and O–H groups in total. The molecule has 3 saturated heterocycles. The van der Waals surface area contributed by atoms with E-state index in [1.54, 1.807) is 0 Å². The summed E-state index contributed by atoms with van der Waals surface area (Å²) in [6.07, 6.45) is 9.99. The Balaban J connectivity index is 1.58. The van der Waals surface area contributed by atoms with Crippen LogP contribution in [0.25, 0.3) is 0 Å². The van der Waals surface area contributed by atoms with Crippen LogP contribution in [0.3, 0.4) is 0 Å². The Labute approximate surface area is 97.4 Å². The van der Waals surface area contributed by atoms with Crippen molar-refractivity contribution < 1.29 is 14.2 Å². The SMILES string of the molecule is C1CCC(C2CCC3(CCCCO3)O2)OC1. The highest BCUT2D eigenvalue weighted by atomic mass is 16.7. The van der Waals surface area contributed by atoms with Crippen LogP contribution in [0.1, 0.15) is 51.4 Å². The first-order chi connectivity index (χ1) is 7.88. The molecular weight excluding hydrogens is 204 g/mol. The predicted octanol–water partition coefficient (Wildman–Crippen LogP) is 2.63. The lowest BCUT2D eigenvalue weighted by molar-refractivity contribution is -0.258. The molecule has 0 aliphatic carbocycles. The molecule has 3 unspecified atom stereocenters. The highest BCUT2D eigenvalue weighted by molar-refractivity contribution is 4.88. The van der Waals surface area contributed by atoms with Crippen molar-refractivity contribution in [2.24, 2.45) is 0 Å². The van der Waals surface area contributed by atoms with Crippen molar-refractivity contribution in [2.45, 2.75) is 69.4 Å². The first-order valence-corrected chi connectivity index (χ1v) is 6.81. The molecule has 3 aliphatic rings. The zero-order chi connectivity index (χ0) is 10.8. The fraction of sp³-hybridized carbons (Fsp3) is 1.00. The molecule has 1 spiro atoms. The lowest BCUT2D eigenvalue weighted by Crippen LogP contribution is -2.39. The Kier molecular flexibility index (Phi) is 3.18. The smallest absolute Gasteiger partial charge is 0.168 e. The van der Waals surface area contributed by atoms with Crippen LogP contribution >= 0.6 is 0 Å². The summed E-state index contributed by atoms with van der Waals surface area (Å²) in [5, 5.41) is 0. The molecule has 3 aliphatic heterocycles. The number of hydrogen-bond acceptors (Lipinski definition) is 3. The van der Waals surface area contributed by atoms with Gasteiger partial charge >= 0.3 is 0 Å². The minimum atomic E-state index is -0.232. The lowest BCUT2D eigenvalue weighted by Gasteiger charge is -2.35. The summed E-state index contributed by atoms with van der Waals surface area (Å²) in [6, 6.07) is 0. The van der Waals surface area contributed by atoms with E-state index in [2.05, 4.69) is 0 Å². The second kappa shape index (κ2) is 4.63. The molecule has 3 heteroatoms. The van der Waals surface area contributed by atoms with Gasteiger partial charge in [-0.2, -0.15) is 0 Å². The maximum Gasteiger partial charge on any atom is 0.168 e. The van der Waals surface area contributed by atoms with Crippen LogP contribution in [0.5, 0.6) is 0 Å². The van der Waals surface area contributed by atoms with Crippen LogP contribution in [-0.4, -0.2) is 31.2 Å². The molecule has 16 heavy (non-hydrogen) atoms. The van der Waals surface area contributed by atoms with Crippen molar-refractivity contribution in [1.29, 1.82) is 0 Å². The van der Waals surface area contributed by atoms with Gasteiger partial charge in [0.15, 0.2) is 5.79 Å². The molecule has 0 bridgehead atoms. The first kappa shape index (κ1) is 11.0. The summed E-state index contributed by atoms with van der Waals surface area (Å²) in [4.78, 5) is 0. The summed E-state index contributed by atoms with van der Waals surface area (Å²) in [5.74, 6) is -0.232. The van der Waals surface area contributed by atoms with Crippen molar-refractivity contribution in [3.63, 3.8) is 0 Å². The molecule has 3 atom stereocenters. The van der Waals surface area contributed by atoms with Crippen LogP contribution in [0, 0.1) is 0 Å². The van der Waals surface area contributed by atoms with E-state index in [0.717, 1.165) is 32.5 Å². The molecule has 3 rings (SSSR count). The predicted molar refractivity (Wildman–Crippen MR) is 60.2 cm³/mol. The van der Waals surface area contributed by atoms with Gasteiger partial charge in [0.2, 0.25) is 0 Å². The highest BCUT2D eigenvalue weighted by Crippen LogP contribution is 2.40. The van der Waals surface area contributed by atoms with Crippen molar-refractivity contribution in [3.8, 4) is 0 Å². The van der Waals surface area contributed by atoms with Crippen molar-refractivity contribution in [2.75, 3.05) is 13.2 Å². The maximum atomic E-state index is 6.18. The second-order valence-corrected chi connectivity index (χ2v) is 5.32. The normalized spacial score (nSPS) is 45.0. The van der Waals surface area contributed by atoms with E-state index >= 15 is 0 Å². The summed E-state index contributed by atoms with van der Waals surface area (Å²) < 4.78 is 17.9. The topological polar surface area (TPSA) is 27.7 Å². The van der Waals surface area contributed by atoms with Crippen molar-refractivity contribution >= 4 is 0 Å². The van der Waals surface area contributed by atoms with Crippen molar-refractivity contribution in [3.05, 3.63) is 0 Å². The fourth-order valence-electron chi connectivity index (χ4n) is 3.19. The summed E-state index contributed by atoms with van der Waals surface area (Å²) >= 11 is 0. The summed E-state index contributed by atoms with van der Waals surface area (Å²) in [7, 11) is 0. The zero-order valence-corrected chi connectivity index (χ0v) is 9.95. The maximum absolute atomic E-state index is 6.18. The van der Waals surface area contributed by atoms with Gasteiger partial charge in [0.05, 0.1) is 18.8 Å². The summed E-state index contributed by atoms with van der Waals surface area (Å²) in [5.41, 5.74) is 0. The van der Waals surface area contributed by atoms with E-state index < -0.39 is 0 Å². The lowest BCUT2D eigenvalue weighted by atomic mass is 9.99. The quantitative estimate of drug-likeness (QED) is 0.688. The van der Waals surface area contributed by atoms with Gasteiger partial charge in [0.1, 0.15) is 0 Å². The Morgan fingerprint density at radius 3 is 2.50 bits per heavy atom. The van der Waals surface area contributed by atoms with Gasteiger partial charge in [-0.1, -0.05) is 0 Å². The molecule has 0 amide bonds. The van der Waals surface area contributed by atoms with E-state index in [1.165, 1.54) is 32.1 Å². The van der Waals surface area contributed by atoms with Gasteiger partial charge in [0.25, 0.3) is 0 Å². The highest BCUT2D eigenvalue weighted by Gasteiger charge is 2.45. The van der Waals surface area contributed by atoms with Gasteiger partial charge in [-0.3, -0.25) is 0 Å². The summed E-state index contributed by atoms with van der Waals surface area (Å²) in [6.45, 7) is 1.79. The molecule has 0 aromatic heterocycles. The minimum Gasteiger partial charge on any atom is -0.376 e. The molecule has 0 aromatic carbocycles. The van der Waals surface area contributed by atoms with Crippen LogP contribution in [-0.2, 0) is 14.2 Å². The average Bonchev–Trinajstić information content (AvgIpc) is 2.75. The Bertz CT molecular complexity index is 229. The first-order valence-electron chi connectivity index (χ1n) is 6.81. The van der Waals surface area contributed by atoms with E-state index in [1.807, 2.05) is 0 Å². The Morgan fingerprint density at radius 1 is 0.812 bits per heavy atom. The Hall–Kier alpha value is -0.120. The van der Waals surface area contributed by atoms with Crippen LogP contribution < -0.4 is 0 Å². The van der Waals surface area contributed by atoms with Gasteiger partial charge in [-0.05, 0) is 38.5 Å². The molecule has 0 saturated carbocycles. The fourth-order valence-corrected chi connectivity index (χ4v) is 3.19. The van der Waals surface area contributed by atoms with E-state index in [0.29, 0.717) is 12.2 Å². The molecule has 92 valence electrons. The Morgan fingerprint density at radius 2 is 1.75 bits per heavy atom. The number of hydrogen-bond donors (Lipinski definition) is 0. The molecular formula is C13H22O3. The van der Waals surface area contributed by atoms with Gasteiger partial charge in [0, 0.05) is 19.4 Å². The van der Waals surface area contributed by atoms with Crippen LogP contribution in [0.15, 0.2) is 0 Å². The molecule has 3 heterocycles. The monoisotopic (exact) mass is 226 g/mol. The molecule has 3 nitrogen and oxygen atoms in total. The molecule has 3 fully saturated rings. The van der Waals surface area contributed by atoms with Gasteiger partial charge in [-0.25, -0.2) is 0 Å². The standard InChI is InChI=1S/C13H22O3/c1-3-9-14-11(5-1)12-6-8-13(16-12)7-2-4-10-15-13/h11-12H,1-10H2. The zero-order valence-electron chi connectivity index (χ0n) is 9.95. The van der Waals surface area contributed by atoms with Crippen LogP contribution in [0.2, 0.25) is 0 Å². The number of ether oxygens (including phenoxy) is 3. The van der Waals surface area contributed by atoms with E-state index in [4.69, 9.17) is 14.2 Å². The molecule has 0 radical (unpaired) electrons. The van der Waals surface area contributed by atoms with Gasteiger partial charge in [-0.15, -0.1) is 0 Å². The van der Waals surface area contributed by atoms with Gasteiger partial charge < -0.3 is 14.2 Å². The minimum absolute atomic E-state index is 0.232. The average molecular weight is 226 g/mol. The third-order valence-corrected chi connectivity index (χ3v) is 4.12. The van der Waals surface area contributed by atoms with E-state index in [9.17, 15) is 0 Å². The van der Waals surface area contributed by atoms with E-state index in [-0.39, 0.29) is 5.79 Å².